The number of carboxylic acid groups (broad SMARTS) is 1. The van der Waals surface area contributed by atoms with Crippen molar-refractivity contribution in [1.29, 1.82) is 0 Å². The summed E-state index contributed by atoms with van der Waals surface area (Å²) in [7, 11) is 0. The van der Waals surface area contributed by atoms with E-state index in [1.165, 1.54) is 12.1 Å². The highest BCUT2D eigenvalue weighted by molar-refractivity contribution is 7.22. The number of halogens is 1. The number of aromatic carboxylic acids is 1. The van der Waals surface area contributed by atoms with E-state index in [1.54, 1.807) is 34.2 Å². The number of ether oxygens (including phenoxy) is 1. The Morgan fingerprint density at radius 2 is 1.91 bits per heavy atom. The number of carboxylic acids is 1. The maximum atomic E-state index is 13.5. The molecule has 164 valence electrons. The Morgan fingerprint density at radius 1 is 1.16 bits per heavy atom. The SMILES string of the molecule is Cc1cc(C(=O)O)nn1Cc1cc(-c2ccc(F)cc2)cc2sc(N3CCOCC3)nc12. The molecule has 4 aromatic rings. The predicted octanol–water partition coefficient (Wildman–Crippen LogP) is 4.19. The summed E-state index contributed by atoms with van der Waals surface area (Å²) in [4.78, 5) is 18.5. The highest BCUT2D eigenvalue weighted by Crippen LogP contribution is 2.35. The van der Waals surface area contributed by atoms with Gasteiger partial charge >= 0.3 is 5.97 Å². The van der Waals surface area contributed by atoms with E-state index in [1.807, 2.05) is 13.0 Å². The molecule has 32 heavy (non-hydrogen) atoms. The fraction of sp³-hybridized carbons (Fsp3) is 0.261. The van der Waals surface area contributed by atoms with Gasteiger partial charge in [-0.2, -0.15) is 5.10 Å². The molecule has 0 radical (unpaired) electrons. The summed E-state index contributed by atoms with van der Waals surface area (Å²) >= 11 is 1.62. The van der Waals surface area contributed by atoms with Crippen LogP contribution in [0, 0.1) is 12.7 Å². The van der Waals surface area contributed by atoms with Crippen LogP contribution in [-0.2, 0) is 11.3 Å². The Hall–Kier alpha value is -3.30. The zero-order valence-corrected chi connectivity index (χ0v) is 18.2. The number of aryl methyl sites for hydroxylation is 1. The van der Waals surface area contributed by atoms with Crippen molar-refractivity contribution in [2.24, 2.45) is 0 Å². The first kappa shape index (κ1) is 20.6. The van der Waals surface area contributed by atoms with Crippen LogP contribution in [0.5, 0.6) is 0 Å². The van der Waals surface area contributed by atoms with Gasteiger partial charge in [0, 0.05) is 24.3 Å². The molecular formula is C23H21FN4O3S. The number of nitrogens with zero attached hydrogens (tertiary/aromatic N) is 4. The van der Waals surface area contributed by atoms with Crippen molar-refractivity contribution in [3.8, 4) is 11.1 Å². The molecule has 1 saturated heterocycles. The summed E-state index contributed by atoms with van der Waals surface area (Å²) in [5, 5.41) is 14.5. The molecule has 1 fully saturated rings. The van der Waals surface area contributed by atoms with E-state index in [0.29, 0.717) is 19.8 Å². The number of fused-ring (bicyclic) bond motifs is 1. The minimum absolute atomic E-state index is 0.0146. The zero-order valence-electron chi connectivity index (χ0n) is 17.4. The maximum absolute atomic E-state index is 13.5. The summed E-state index contributed by atoms with van der Waals surface area (Å²) in [6.07, 6.45) is 0. The number of hydrogen-bond acceptors (Lipinski definition) is 6. The molecule has 2 aromatic heterocycles. The Balaban J connectivity index is 1.61. The molecule has 3 heterocycles. The minimum Gasteiger partial charge on any atom is -0.476 e. The number of thiazole rings is 1. The first-order valence-electron chi connectivity index (χ1n) is 10.3. The molecule has 1 aliphatic rings. The zero-order chi connectivity index (χ0) is 22.2. The van der Waals surface area contributed by atoms with E-state index in [-0.39, 0.29) is 11.5 Å². The summed E-state index contributed by atoms with van der Waals surface area (Å²) in [6, 6.07) is 12.1. The van der Waals surface area contributed by atoms with E-state index in [9.17, 15) is 14.3 Å². The molecule has 0 saturated carbocycles. The van der Waals surface area contributed by atoms with E-state index in [0.717, 1.165) is 50.8 Å². The highest BCUT2D eigenvalue weighted by atomic mass is 32.1. The fourth-order valence-corrected chi connectivity index (χ4v) is 4.95. The van der Waals surface area contributed by atoms with Crippen molar-refractivity contribution in [1.82, 2.24) is 14.8 Å². The Labute approximate surface area is 187 Å². The van der Waals surface area contributed by atoms with Gasteiger partial charge < -0.3 is 14.7 Å². The third-order valence-corrected chi connectivity index (χ3v) is 6.61. The van der Waals surface area contributed by atoms with Crippen molar-refractivity contribution in [3.05, 3.63) is 65.2 Å². The maximum Gasteiger partial charge on any atom is 0.356 e. The van der Waals surface area contributed by atoms with Crippen molar-refractivity contribution in [2.75, 3.05) is 31.2 Å². The Bertz CT molecular complexity index is 1290. The van der Waals surface area contributed by atoms with Crippen LogP contribution in [0.4, 0.5) is 9.52 Å². The molecule has 5 rings (SSSR count). The van der Waals surface area contributed by atoms with Crippen LogP contribution in [-0.4, -0.2) is 52.1 Å². The first-order valence-corrected chi connectivity index (χ1v) is 11.1. The van der Waals surface area contributed by atoms with Crippen LogP contribution in [0.1, 0.15) is 21.7 Å². The van der Waals surface area contributed by atoms with Crippen LogP contribution < -0.4 is 4.90 Å². The summed E-state index contributed by atoms with van der Waals surface area (Å²) in [6.45, 7) is 5.15. The number of morpholine rings is 1. The topological polar surface area (TPSA) is 80.5 Å². The largest absolute Gasteiger partial charge is 0.476 e. The van der Waals surface area contributed by atoms with Gasteiger partial charge in [-0.1, -0.05) is 23.5 Å². The minimum atomic E-state index is -1.06. The van der Waals surface area contributed by atoms with Crippen LogP contribution >= 0.6 is 11.3 Å². The van der Waals surface area contributed by atoms with Crippen molar-refractivity contribution >= 4 is 32.7 Å². The second-order valence-electron chi connectivity index (χ2n) is 7.72. The van der Waals surface area contributed by atoms with Crippen LogP contribution in [0.15, 0.2) is 42.5 Å². The predicted molar refractivity (Wildman–Crippen MR) is 121 cm³/mol. The molecule has 1 N–H and O–H groups in total. The Kier molecular flexibility index (Phi) is 5.36. The second kappa shape index (κ2) is 8.33. The van der Waals surface area contributed by atoms with E-state index < -0.39 is 5.97 Å². The quantitative estimate of drug-likeness (QED) is 0.489. The fourth-order valence-electron chi connectivity index (χ4n) is 3.84. The van der Waals surface area contributed by atoms with Gasteiger partial charge in [-0.25, -0.2) is 14.2 Å². The third kappa shape index (κ3) is 3.96. The van der Waals surface area contributed by atoms with Gasteiger partial charge in [0.05, 0.1) is 30.0 Å². The average molecular weight is 453 g/mol. The molecule has 0 aliphatic carbocycles. The lowest BCUT2D eigenvalue weighted by Gasteiger charge is -2.25. The molecule has 1 aliphatic heterocycles. The lowest BCUT2D eigenvalue weighted by molar-refractivity contribution is 0.0689. The van der Waals surface area contributed by atoms with Gasteiger partial charge in [0.25, 0.3) is 0 Å². The van der Waals surface area contributed by atoms with Gasteiger partial charge in [0.1, 0.15) is 5.82 Å². The summed E-state index contributed by atoms with van der Waals surface area (Å²) < 4.78 is 21.6. The number of benzene rings is 2. The molecular weight excluding hydrogens is 431 g/mol. The lowest BCUT2D eigenvalue weighted by atomic mass is 10.0. The van der Waals surface area contributed by atoms with Gasteiger partial charge in [-0.3, -0.25) is 4.68 Å². The normalized spacial score (nSPS) is 14.2. The van der Waals surface area contributed by atoms with Crippen LogP contribution in [0.3, 0.4) is 0 Å². The monoisotopic (exact) mass is 452 g/mol. The lowest BCUT2D eigenvalue weighted by Crippen LogP contribution is -2.36. The molecule has 9 heteroatoms. The number of anilines is 1. The number of hydrogen-bond donors (Lipinski definition) is 1. The van der Waals surface area contributed by atoms with Gasteiger partial charge in [-0.05, 0) is 48.4 Å². The Morgan fingerprint density at radius 3 is 2.59 bits per heavy atom. The number of rotatable bonds is 5. The highest BCUT2D eigenvalue weighted by Gasteiger charge is 2.19. The van der Waals surface area contributed by atoms with Gasteiger partial charge in [-0.15, -0.1) is 0 Å². The van der Waals surface area contributed by atoms with Crippen molar-refractivity contribution < 1.29 is 19.0 Å². The molecule has 0 spiro atoms. The van der Waals surface area contributed by atoms with E-state index in [4.69, 9.17) is 9.72 Å². The molecule has 0 bridgehead atoms. The van der Waals surface area contributed by atoms with Crippen LogP contribution in [0.2, 0.25) is 0 Å². The van der Waals surface area contributed by atoms with Gasteiger partial charge in [0.2, 0.25) is 0 Å². The average Bonchev–Trinajstić information content (AvgIpc) is 3.39. The number of aromatic nitrogens is 3. The molecule has 0 amide bonds. The van der Waals surface area contributed by atoms with E-state index in [2.05, 4.69) is 16.1 Å². The standard InChI is InChI=1S/C23H21FN4O3S/c1-14-10-19(22(29)30)26-28(14)13-17-11-16(15-2-4-18(24)5-3-15)12-20-21(17)25-23(32-20)27-6-8-31-9-7-27/h2-5,10-12H,6-9,13H2,1H3,(H,29,30). The molecule has 2 aromatic carbocycles. The second-order valence-corrected chi connectivity index (χ2v) is 8.73. The smallest absolute Gasteiger partial charge is 0.356 e. The van der Waals surface area contributed by atoms with E-state index >= 15 is 0 Å². The van der Waals surface area contributed by atoms with Crippen LogP contribution in [0.25, 0.3) is 21.3 Å². The molecule has 0 atom stereocenters. The van der Waals surface area contributed by atoms with Gasteiger partial charge in [0.15, 0.2) is 10.8 Å². The first-order chi connectivity index (χ1) is 15.5. The van der Waals surface area contributed by atoms with Crippen molar-refractivity contribution in [3.63, 3.8) is 0 Å². The number of carbonyl (C=O) groups is 1. The molecule has 0 unspecified atom stereocenters. The third-order valence-electron chi connectivity index (χ3n) is 5.54. The molecule has 7 nitrogen and oxygen atoms in total. The summed E-state index contributed by atoms with van der Waals surface area (Å²) in [5.41, 5.74) is 4.43. The van der Waals surface area contributed by atoms with Crippen molar-refractivity contribution in [2.45, 2.75) is 13.5 Å². The summed E-state index contributed by atoms with van der Waals surface area (Å²) in [5.74, 6) is -1.34.